The molecular formula is C13H25N5O2S. The van der Waals surface area contributed by atoms with Gasteiger partial charge < -0.3 is 10.6 Å². The van der Waals surface area contributed by atoms with E-state index in [0.29, 0.717) is 13.1 Å². The molecule has 120 valence electrons. The van der Waals surface area contributed by atoms with Crippen molar-refractivity contribution in [1.29, 1.82) is 0 Å². The minimum atomic E-state index is -3.16. The molecule has 0 aromatic carbocycles. The lowest BCUT2D eigenvalue weighted by Crippen LogP contribution is -2.28. The van der Waals surface area contributed by atoms with Gasteiger partial charge in [-0.05, 0) is 20.3 Å². The van der Waals surface area contributed by atoms with Gasteiger partial charge in [-0.1, -0.05) is 6.92 Å². The molecule has 3 N–H and O–H groups in total. The van der Waals surface area contributed by atoms with E-state index in [1.807, 2.05) is 13.8 Å². The van der Waals surface area contributed by atoms with Gasteiger partial charge in [-0.3, -0.25) is 0 Å². The number of sulfonamides is 1. The van der Waals surface area contributed by atoms with E-state index in [0.717, 1.165) is 48.7 Å². The van der Waals surface area contributed by atoms with Crippen LogP contribution in [0.5, 0.6) is 0 Å². The third-order valence-corrected chi connectivity index (χ3v) is 3.52. The summed E-state index contributed by atoms with van der Waals surface area (Å²) in [6, 6.07) is 0. The van der Waals surface area contributed by atoms with Gasteiger partial charge in [0.25, 0.3) is 0 Å². The van der Waals surface area contributed by atoms with Crippen LogP contribution in [0.1, 0.15) is 31.7 Å². The van der Waals surface area contributed by atoms with E-state index in [1.165, 1.54) is 0 Å². The van der Waals surface area contributed by atoms with Crippen LogP contribution in [0.2, 0.25) is 0 Å². The Morgan fingerprint density at radius 3 is 2.19 bits per heavy atom. The monoisotopic (exact) mass is 315 g/mol. The van der Waals surface area contributed by atoms with Crippen molar-refractivity contribution in [3.8, 4) is 0 Å². The molecule has 0 saturated carbocycles. The van der Waals surface area contributed by atoms with E-state index in [-0.39, 0.29) is 0 Å². The number of rotatable bonds is 9. The molecule has 0 spiro atoms. The van der Waals surface area contributed by atoms with Gasteiger partial charge in [-0.25, -0.2) is 23.1 Å². The summed E-state index contributed by atoms with van der Waals surface area (Å²) in [4.78, 5) is 9.01. The zero-order valence-corrected chi connectivity index (χ0v) is 14.0. The van der Waals surface area contributed by atoms with Gasteiger partial charge in [0.15, 0.2) is 0 Å². The molecule has 0 fully saturated rings. The fraction of sp³-hybridized carbons (Fsp3) is 0.692. The lowest BCUT2D eigenvalue weighted by atomic mass is 10.2. The Labute approximate surface area is 127 Å². The molecule has 0 aliphatic carbocycles. The molecule has 1 aromatic heterocycles. The van der Waals surface area contributed by atoms with Gasteiger partial charge in [0.1, 0.15) is 17.5 Å². The molecule has 0 amide bonds. The zero-order chi connectivity index (χ0) is 15.9. The fourth-order valence-electron chi connectivity index (χ4n) is 1.83. The number of nitrogens with zero attached hydrogens (tertiary/aromatic N) is 2. The third-order valence-electron chi connectivity index (χ3n) is 2.79. The lowest BCUT2D eigenvalue weighted by molar-refractivity contribution is 0.589. The quantitative estimate of drug-likeness (QED) is 0.591. The van der Waals surface area contributed by atoms with Crippen molar-refractivity contribution < 1.29 is 8.42 Å². The highest BCUT2D eigenvalue weighted by Crippen LogP contribution is 2.20. The average molecular weight is 315 g/mol. The summed E-state index contributed by atoms with van der Waals surface area (Å²) >= 11 is 0. The molecule has 0 aliphatic heterocycles. The Morgan fingerprint density at radius 1 is 1.05 bits per heavy atom. The number of hydrogen-bond acceptors (Lipinski definition) is 6. The summed E-state index contributed by atoms with van der Waals surface area (Å²) < 4.78 is 24.5. The van der Waals surface area contributed by atoms with E-state index >= 15 is 0 Å². The second-order valence-corrected chi connectivity index (χ2v) is 6.67. The first kappa shape index (κ1) is 17.6. The molecular weight excluding hydrogens is 290 g/mol. The minimum absolute atomic E-state index is 0.321. The van der Waals surface area contributed by atoms with E-state index < -0.39 is 10.0 Å². The summed E-state index contributed by atoms with van der Waals surface area (Å²) in [6.07, 6.45) is 2.93. The molecule has 7 nitrogen and oxygen atoms in total. The van der Waals surface area contributed by atoms with Crippen molar-refractivity contribution in [3.63, 3.8) is 0 Å². The van der Waals surface area contributed by atoms with Gasteiger partial charge >= 0.3 is 0 Å². The van der Waals surface area contributed by atoms with Crippen molar-refractivity contribution in [2.75, 3.05) is 36.5 Å². The fourth-order valence-corrected chi connectivity index (χ4v) is 2.30. The second kappa shape index (κ2) is 8.14. The molecule has 1 rings (SSSR count). The molecule has 21 heavy (non-hydrogen) atoms. The van der Waals surface area contributed by atoms with Crippen LogP contribution in [-0.2, 0) is 16.4 Å². The number of aryl methyl sites for hydroxylation is 1. The summed E-state index contributed by atoms with van der Waals surface area (Å²) in [7, 11) is -3.16. The maximum Gasteiger partial charge on any atom is 0.208 e. The van der Waals surface area contributed by atoms with Crippen molar-refractivity contribution in [3.05, 3.63) is 11.4 Å². The molecule has 0 radical (unpaired) electrons. The van der Waals surface area contributed by atoms with Crippen molar-refractivity contribution in [2.45, 2.75) is 33.6 Å². The standard InChI is InChI=1S/C13H25N5O2S/c1-5-7-11-17-12(14-6-2)10(3)13(18-11)15-8-9-16-21(4,19)20/h16H,5-9H2,1-4H3,(H2,14,15,17,18). The Balaban J connectivity index is 2.79. The van der Waals surface area contributed by atoms with Crippen LogP contribution < -0.4 is 15.4 Å². The van der Waals surface area contributed by atoms with Gasteiger partial charge in [0, 0.05) is 31.6 Å². The van der Waals surface area contributed by atoms with Gasteiger partial charge in [0.2, 0.25) is 10.0 Å². The smallest absolute Gasteiger partial charge is 0.208 e. The highest BCUT2D eigenvalue weighted by atomic mass is 32.2. The number of anilines is 2. The zero-order valence-electron chi connectivity index (χ0n) is 13.2. The predicted octanol–water partition coefficient (Wildman–Crippen LogP) is 1.13. The lowest BCUT2D eigenvalue weighted by Gasteiger charge is -2.14. The van der Waals surface area contributed by atoms with E-state index in [9.17, 15) is 8.42 Å². The highest BCUT2D eigenvalue weighted by molar-refractivity contribution is 7.88. The molecule has 1 aromatic rings. The Morgan fingerprint density at radius 2 is 1.67 bits per heavy atom. The van der Waals surface area contributed by atoms with Gasteiger partial charge in [-0.15, -0.1) is 0 Å². The second-order valence-electron chi connectivity index (χ2n) is 4.84. The van der Waals surface area contributed by atoms with Crippen molar-refractivity contribution >= 4 is 21.7 Å². The average Bonchev–Trinajstić information content (AvgIpc) is 2.39. The number of hydrogen-bond donors (Lipinski definition) is 3. The first-order valence-electron chi connectivity index (χ1n) is 7.17. The Kier molecular flexibility index (Phi) is 6.83. The Bertz CT molecular complexity index is 560. The maximum absolute atomic E-state index is 11.0. The molecule has 0 bridgehead atoms. The first-order valence-corrected chi connectivity index (χ1v) is 9.06. The Hall–Kier alpha value is -1.41. The topological polar surface area (TPSA) is 96.0 Å². The van der Waals surface area contributed by atoms with Crippen LogP contribution in [0.25, 0.3) is 0 Å². The number of aromatic nitrogens is 2. The SMILES string of the molecule is CCCc1nc(NCC)c(C)c(NCCNS(C)(=O)=O)n1. The normalized spacial score (nSPS) is 11.4. The predicted molar refractivity (Wildman–Crippen MR) is 86.3 cm³/mol. The molecule has 8 heteroatoms. The minimum Gasteiger partial charge on any atom is -0.370 e. The summed E-state index contributed by atoms with van der Waals surface area (Å²) in [5.41, 5.74) is 0.941. The summed E-state index contributed by atoms with van der Waals surface area (Å²) in [5.74, 6) is 2.37. The summed E-state index contributed by atoms with van der Waals surface area (Å²) in [6.45, 7) is 7.63. The third kappa shape index (κ3) is 6.26. The first-order chi connectivity index (χ1) is 9.87. The molecule has 0 atom stereocenters. The van der Waals surface area contributed by atoms with Crippen molar-refractivity contribution in [2.24, 2.45) is 0 Å². The van der Waals surface area contributed by atoms with Crippen molar-refractivity contribution in [1.82, 2.24) is 14.7 Å². The van der Waals surface area contributed by atoms with Crippen LogP contribution >= 0.6 is 0 Å². The van der Waals surface area contributed by atoms with Crippen LogP contribution in [-0.4, -0.2) is 44.3 Å². The molecule has 0 saturated heterocycles. The van der Waals surface area contributed by atoms with E-state index in [4.69, 9.17) is 0 Å². The van der Waals surface area contributed by atoms with Crippen LogP contribution in [0, 0.1) is 6.92 Å². The van der Waals surface area contributed by atoms with E-state index in [1.54, 1.807) is 0 Å². The van der Waals surface area contributed by atoms with Gasteiger partial charge in [0.05, 0.1) is 6.26 Å². The number of nitrogens with one attached hydrogen (secondary N) is 3. The summed E-state index contributed by atoms with van der Waals surface area (Å²) in [5, 5.41) is 6.39. The van der Waals surface area contributed by atoms with Gasteiger partial charge in [-0.2, -0.15) is 0 Å². The highest BCUT2D eigenvalue weighted by Gasteiger charge is 2.10. The maximum atomic E-state index is 11.0. The molecule has 0 aliphatic rings. The van der Waals surface area contributed by atoms with Crippen LogP contribution in [0.15, 0.2) is 0 Å². The van der Waals surface area contributed by atoms with Crippen LogP contribution in [0.3, 0.4) is 0 Å². The molecule has 1 heterocycles. The van der Waals surface area contributed by atoms with Crippen LogP contribution in [0.4, 0.5) is 11.6 Å². The largest absolute Gasteiger partial charge is 0.370 e. The van der Waals surface area contributed by atoms with E-state index in [2.05, 4.69) is 32.2 Å². The molecule has 0 unspecified atom stereocenters.